The van der Waals surface area contributed by atoms with E-state index in [4.69, 9.17) is 4.74 Å². The van der Waals surface area contributed by atoms with Gasteiger partial charge in [0.25, 0.3) is 0 Å². The van der Waals surface area contributed by atoms with Crippen molar-refractivity contribution in [2.75, 3.05) is 32.5 Å². The SMILES string of the molecule is COC(=O)CCN(C)S(=O)(=O)Nc1cc(OC)ccc1Br. The molecule has 1 N–H and O–H groups in total. The first-order chi connectivity index (χ1) is 9.80. The van der Waals surface area contributed by atoms with Crippen molar-refractivity contribution in [2.45, 2.75) is 6.42 Å². The standard InChI is InChI=1S/C12H17BrN2O5S/c1-15(7-6-12(16)20-3)21(17,18)14-11-8-9(19-2)4-5-10(11)13/h4-5,8,14H,6-7H2,1-3H3. The highest BCUT2D eigenvalue weighted by molar-refractivity contribution is 9.10. The molecule has 0 heterocycles. The lowest BCUT2D eigenvalue weighted by atomic mass is 10.3. The van der Waals surface area contributed by atoms with Gasteiger partial charge in [-0.1, -0.05) is 0 Å². The monoisotopic (exact) mass is 380 g/mol. The molecule has 0 bridgehead atoms. The molecule has 0 aromatic heterocycles. The van der Waals surface area contributed by atoms with Crippen LogP contribution in [0.15, 0.2) is 22.7 Å². The second-order valence-electron chi connectivity index (χ2n) is 4.10. The summed E-state index contributed by atoms with van der Waals surface area (Å²) in [6, 6.07) is 4.92. The summed E-state index contributed by atoms with van der Waals surface area (Å²) in [6.07, 6.45) is -0.0206. The number of carbonyl (C=O) groups excluding carboxylic acids is 1. The number of halogens is 1. The number of ether oxygens (including phenoxy) is 2. The summed E-state index contributed by atoms with van der Waals surface area (Å²) in [7, 11) is 0.342. The maximum absolute atomic E-state index is 12.2. The molecule has 9 heteroatoms. The predicted octanol–water partition coefficient (Wildman–Crippen LogP) is 1.61. The van der Waals surface area contributed by atoms with E-state index in [0.29, 0.717) is 15.9 Å². The Morgan fingerprint density at radius 2 is 2.05 bits per heavy atom. The average Bonchev–Trinajstić information content (AvgIpc) is 2.46. The van der Waals surface area contributed by atoms with E-state index in [-0.39, 0.29) is 13.0 Å². The van der Waals surface area contributed by atoms with Crippen molar-refractivity contribution < 1.29 is 22.7 Å². The van der Waals surface area contributed by atoms with Crippen LogP contribution in [0.5, 0.6) is 5.75 Å². The molecule has 0 aliphatic heterocycles. The first-order valence-electron chi connectivity index (χ1n) is 5.94. The zero-order chi connectivity index (χ0) is 16.0. The van der Waals surface area contributed by atoms with Crippen LogP contribution in [0, 0.1) is 0 Å². The molecule has 0 spiro atoms. The highest BCUT2D eigenvalue weighted by Gasteiger charge is 2.20. The average molecular weight is 381 g/mol. The van der Waals surface area contributed by atoms with E-state index < -0.39 is 16.2 Å². The molecular formula is C12H17BrN2O5S. The van der Waals surface area contributed by atoms with Crippen molar-refractivity contribution in [3.63, 3.8) is 0 Å². The highest BCUT2D eigenvalue weighted by atomic mass is 79.9. The fourth-order valence-corrected chi connectivity index (χ4v) is 2.81. The van der Waals surface area contributed by atoms with Gasteiger partial charge in [-0.3, -0.25) is 9.52 Å². The van der Waals surface area contributed by atoms with Crippen LogP contribution in [0.25, 0.3) is 0 Å². The number of hydrogen-bond acceptors (Lipinski definition) is 5. The van der Waals surface area contributed by atoms with E-state index in [2.05, 4.69) is 25.4 Å². The summed E-state index contributed by atoms with van der Waals surface area (Å²) in [5.41, 5.74) is 0.347. The fourth-order valence-electron chi connectivity index (χ4n) is 1.40. The smallest absolute Gasteiger partial charge is 0.306 e. The van der Waals surface area contributed by atoms with E-state index in [1.807, 2.05) is 0 Å². The number of rotatable bonds is 7. The number of anilines is 1. The van der Waals surface area contributed by atoms with Gasteiger partial charge in [0.1, 0.15) is 5.75 Å². The Labute approximate surface area is 132 Å². The molecule has 7 nitrogen and oxygen atoms in total. The van der Waals surface area contributed by atoms with Crippen molar-refractivity contribution in [3.05, 3.63) is 22.7 Å². The van der Waals surface area contributed by atoms with E-state index in [0.717, 1.165) is 4.31 Å². The topological polar surface area (TPSA) is 84.9 Å². The van der Waals surface area contributed by atoms with E-state index >= 15 is 0 Å². The highest BCUT2D eigenvalue weighted by Crippen LogP contribution is 2.28. The van der Waals surface area contributed by atoms with Gasteiger partial charge in [-0.15, -0.1) is 0 Å². The van der Waals surface area contributed by atoms with Crippen LogP contribution in [-0.4, -0.2) is 46.5 Å². The lowest BCUT2D eigenvalue weighted by molar-refractivity contribution is -0.140. The molecule has 1 rings (SSSR count). The summed E-state index contributed by atoms with van der Waals surface area (Å²) >= 11 is 3.26. The van der Waals surface area contributed by atoms with Crippen LogP contribution in [-0.2, 0) is 19.7 Å². The summed E-state index contributed by atoms with van der Waals surface area (Å²) < 4.78 is 37.9. The number of hydrogen-bond donors (Lipinski definition) is 1. The number of carbonyl (C=O) groups is 1. The molecule has 21 heavy (non-hydrogen) atoms. The molecule has 0 unspecified atom stereocenters. The van der Waals surface area contributed by atoms with Crippen LogP contribution in [0.4, 0.5) is 5.69 Å². The van der Waals surface area contributed by atoms with Crippen LogP contribution in [0.2, 0.25) is 0 Å². The second kappa shape index (κ2) is 7.62. The number of nitrogens with one attached hydrogen (secondary N) is 1. The quantitative estimate of drug-likeness (QED) is 0.726. The minimum absolute atomic E-state index is 0.0175. The predicted molar refractivity (Wildman–Crippen MR) is 82.5 cm³/mol. The van der Waals surface area contributed by atoms with Gasteiger partial charge < -0.3 is 9.47 Å². The Morgan fingerprint density at radius 3 is 2.62 bits per heavy atom. The molecular weight excluding hydrogens is 364 g/mol. The maximum Gasteiger partial charge on any atom is 0.306 e. The Kier molecular flexibility index (Phi) is 6.43. The molecule has 0 fully saturated rings. The molecule has 0 aliphatic carbocycles. The van der Waals surface area contributed by atoms with Crippen molar-refractivity contribution in [1.29, 1.82) is 0 Å². The summed E-state index contributed by atoms with van der Waals surface area (Å²) in [5.74, 6) is 0.0488. The minimum Gasteiger partial charge on any atom is -0.497 e. The number of methoxy groups -OCH3 is 2. The fraction of sp³-hybridized carbons (Fsp3) is 0.417. The van der Waals surface area contributed by atoms with E-state index in [9.17, 15) is 13.2 Å². The maximum atomic E-state index is 12.2. The third-order valence-corrected chi connectivity index (χ3v) is 4.85. The molecule has 0 aliphatic rings. The van der Waals surface area contributed by atoms with Gasteiger partial charge in [0.2, 0.25) is 0 Å². The Bertz CT molecular complexity index is 606. The third-order valence-electron chi connectivity index (χ3n) is 2.68. The van der Waals surface area contributed by atoms with Gasteiger partial charge in [0, 0.05) is 24.1 Å². The van der Waals surface area contributed by atoms with Gasteiger partial charge >= 0.3 is 16.2 Å². The first-order valence-corrected chi connectivity index (χ1v) is 8.18. The Balaban J connectivity index is 2.82. The molecule has 1 aromatic rings. The summed E-state index contributed by atoms with van der Waals surface area (Å²) in [4.78, 5) is 11.1. The van der Waals surface area contributed by atoms with Gasteiger partial charge in [0.05, 0.1) is 26.3 Å². The zero-order valence-electron chi connectivity index (χ0n) is 11.9. The molecule has 118 valence electrons. The minimum atomic E-state index is -3.77. The first kappa shape index (κ1) is 17.7. The van der Waals surface area contributed by atoms with Crippen molar-refractivity contribution in [2.24, 2.45) is 0 Å². The van der Waals surface area contributed by atoms with Gasteiger partial charge in [-0.25, -0.2) is 0 Å². The molecule has 1 aromatic carbocycles. The van der Waals surface area contributed by atoms with Crippen molar-refractivity contribution >= 4 is 37.8 Å². The van der Waals surface area contributed by atoms with Crippen molar-refractivity contribution in [3.8, 4) is 5.75 Å². The van der Waals surface area contributed by atoms with Crippen molar-refractivity contribution in [1.82, 2.24) is 4.31 Å². The van der Waals surface area contributed by atoms with E-state index in [1.165, 1.54) is 21.3 Å². The molecule has 0 saturated heterocycles. The second-order valence-corrected chi connectivity index (χ2v) is 6.73. The zero-order valence-corrected chi connectivity index (χ0v) is 14.3. The van der Waals surface area contributed by atoms with Gasteiger partial charge in [-0.05, 0) is 28.1 Å². The largest absolute Gasteiger partial charge is 0.497 e. The summed E-state index contributed by atoms with van der Waals surface area (Å²) in [6.45, 7) is 0.0175. The van der Waals surface area contributed by atoms with Crippen LogP contribution >= 0.6 is 15.9 Å². The molecule has 0 radical (unpaired) electrons. The van der Waals surface area contributed by atoms with Crippen LogP contribution < -0.4 is 9.46 Å². The van der Waals surface area contributed by atoms with E-state index in [1.54, 1.807) is 18.2 Å². The Hall–Kier alpha value is -1.32. The van der Waals surface area contributed by atoms with Gasteiger partial charge in [-0.2, -0.15) is 12.7 Å². The van der Waals surface area contributed by atoms with Crippen LogP contribution in [0.3, 0.4) is 0 Å². The normalized spacial score (nSPS) is 11.3. The number of nitrogens with zero attached hydrogens (tertiary/aromatic N) is 1. The number of benzene rings is 1. The summed E-state index contributed by atoms with van der Waals surface area (Å²) in [5, 5.41) is 0. The lowest BCUT2D eigenvalue weighted by Crippen LogP contribution is -2.34. The third kappa shape index (κ3) is 5.18. The molecule has 0 saturated carbocycles. The number of esters is 1. The van der Waals surface area contributed by atoms with Crippen LogP contribution in [0.1, 0.15) is 6.42 Å². The molecule has 0 atom stereocenters. The molecule has 0 amide bonds. The Morgan fingerprint density at radius 1 is 1.38 bits per heavy atom. The van der Waals surface area contributed by atoms with Gasteiger partial charge in [0.15, 0.2) is 0 Å². The lowest BCUT2D eigenvalue weighted by Gasteiger charge is -2.18.